The molecule has 1 aromatic heterocycles. The van der Waals surface area contributed by atoms with Crippen LogP contribution in [0.4, 0.5) is 5.13 Å². The summed E-state index contributed by atoms with van der Waals surface area (Å²) in [6.07, 6.45) is 5.93. The Balaban J connectivity index is 1.55. The normalized spacial score (nSPS) is 18.3. The fourth-order valence-corrected chi connectivity index (χ4v) is 5.25. The Hall–Kier alpha value is -1.08. The second-order valence-electron chi connectivity index (χ2n) is 5.85. The number of fused-ring (bicyclic) bond motifs is 1. The largest absolute Gasteiger partial charge is 0.336 e. The maximum absolute atomic E-state index is 12.4. The van der Waals surface area contributed by atoms with Gasteiger partial charge in [0.15, 0.2) is 5.13 Å². The first-order valence-corrected chi connectivity index (χ1v) is 9.64. The molecular weight excluding hydrogens is 318 g/mol. The maximum Gasteiger partial charge on any atom is 0.232 e. The molecule has 0 bridgehead atoms. The van der Waals surface area contributed by atoms with Crippen LogP contribution in [0.2, 0.25) is 0 Å². The number of nitrogens with zero attached hydrogens (tertiary/aromatic N) is 2. The minimum absolute atomic E-state index is 0.105. The zero-order valence-corrected chi connectivity index (χ0v) is 14.4. The van der Waals surface area contributed by atoms with E-state index in [2.05, 4.69) is 10.3 Å². The number of rotatable bonds is 4. The van der Waals surface area contributed by atoms with Gasteiger partial charge in [-0.25, -0.2) is 4.98 Å². The van der Waals surface area contributed by atoms with Crippen molar-refractivity contribution < 1.29 is 9.59 Å². The lowest BCUT2D eigenvalue weighted by molar-refractivity contribution is -0.129. The number of aromatic nitrogens is 1. The van der Waals surface area contributed by atoms with Crippen LogP contribution in [0.1, 0.15) is 43.2 Å². The van der Waals surface area contributed by atoms with Gasteiger partial charge in [-0.2, -0.15) is 0 Å². The van der Waals surface area contributed by atoms with Crippen LogP contribution in [-0.4, -0.2) is 39.2 Å². The average Bonchev–Trinajstić information content (AvgIpc) is 3.11. The van der Waals surface area contributed by atoms with E-state index >= 15 is 0 Å². The quantitative estimate of drug-likeness (QED) is 0.916. The zero-order chi connectivity index (χ0) is 15.5. The highest BCUT2D eigenvalue weighted by molar-refractivity contribution is 8.00. The third-order valence-electron chi connectivity index (χ3n) is 4.11. The van der Waals surface area contributed by atoms with Crippen molar-refractivity contribution in [2.24, 2.45) is 0 Å². The van der Waals surface area contributed by atoms with E-state index in [1.165, 1.54) is 43.9 Å². The Morgan fingerprint density at radius 3 is 2.91 bits per heavy atom. The standard InChI is InChI=1S/C15H21N3O2S2/c1-10(19)16-15-17-12-6-7-18(8-13(12)22-15)14(20)9-21-11-4-2-3-5-11/h11H,2-9H2,1H3,(H,16,17,19). The first kappa shape index (κ1) is 15.8. The lowest BCUT2D eigenvalue weighted by Crippen LogP contribution is -2.36. The van der Waals surface area contributed by atoms with Crippen LogP contribution in [0.25, 0.3) is 0 Å². The highest BCUT2D eigenvalue weighted by Crippen LogP contribution is 2.31. The molecule has 3 rings (SSSR count). The third kappa shape index (κ3) is 3.81. The zero-order valence-electron chi connectivity index (χ0n) is 12.8. The summed E-state index contributed by atoms with van der Waals surface area (Å²) in [4.78, 5) is 30.9. The second-order valence-corrected chi connectivity index (χ2v) is 8.23. The summed E-state index contributed by atoms with van der Waals surface area (Å²) in [7, 11) is 0. The lowest BCUT2D eigenvalue weighted by Gasteiger charge is -2.26. The summed E-state index contributed by atoms with van der Waals surface area (Å²) in [5.41, 5.74) is 1.03. The highest BCUT2D eigenvalue weighted by Gasteiger charge is 2.25. The second kappa shape index (κ2) is 7.00. The van der Waals surface area contributed by atoms with Gasteiger partial charge < -0.3 is 10.2 Å². The van der Waals surface area contributed by atoms with Gasteiger partial charge in [-0.05, 0) is 12.8 Å². The molecule has 2 amide bonds. The van der Waals surface area contributed by atoms with E-state index in [0.717, 1.165) is 23.5 Å². The van der Waals surface area contributed by atoms with Crippen LogP contribution in [0.5, 0.6) is 0 Å². The van der Waals surface area contributed by atoms with E-state index in [0.29, 0.717) is 22.7 Å². The van der Waals surface area contributed by atoms with Crippen LogP contribution in [0, 0.1) is 0 Å². The smallest absolute Gasteiger partial charge is 0.232 e. The van der Waals surface area contributed by atoms with Crippen LogP contribution in [0.15, 0.2) is 0 Å². The molecule has 22 heavy (non-hydrogen) atoms. The van der Waals surface area contributed by atoms with E-state index in [9.17, 15) is 9.59 Å². The molecule has 2 heterocycles. The molecule has 1 aliphatic carbocycles. The summed E-state index contributed by atoms with van der Waals surface area (Å²) in [5, 5.41) is 4.05. The van der Waals surface area contributed by atoms with Crippen LogP contribution in [0.3, 0.4) is 0 Å². The molecule has 0 saturated heterocycles. The molecule has 5 nitrogen and oxygen atoms in total. The van der Waals surface area contributed by atoms with E-state index in [1.807, 2.05) is 16.7 Å². The predicted octanol–water partition coefficient (Wildman–Crippen LogP) is 2.66. The molecule has 0 spiro atoms. The topological polar surface area (TPSA) is 62.3 Å². The number of carbonyl (C=O) groups excluding carboxylic acids is 2. The van der Waals surface area contributed by atoms with E-state index in [4.69, 9.17) is 0 Å². The molecule has 120 valence electrons. The molecule has 2 aliphatic rings. The minimum Gasteiger partial charge on any atom is -0.336 e. The van der Waals surface area contributed by atoms with Gasteiger partial charge in [0.1, 0.15) is 0 Å². The van der Waals surface area contributed by atoms with Crippen molar-refractivity contribution in [2.75, 3.05) is 17.6 Å². The molecule has 1 aromatic rings. The summed E-state index contributed by atoms with van der Waals surface area (Å²) in [6.45, 7) is 2.85. The molecule has 0 atom stereocenters. The number of thiazole rings is 1. The minimum atomic E-state index is -0.105. The molecule has 7 heteroatoms. The molecule has 1 N–H and O–H groups in total. The highest BCUT2D eigenvalue weighted by atomic mass is 32.2. The molecule has 0 unspecified atom stereocenters. The number of hydrogen-bond acceptors (Lipinski definition) is 5. The lowest BCUT2D eigenvalue weighted by atomic mass is 10.2. The van der Waals surface area contributed by atoms with Gasteiger partial charge in [0.2, 0.25) is 11.8 Å². The summed E-state index contributed by atoms with van der Waals surface area (Å²) < 4.78 is 0. The molecule has 1 fully saturated rings. The van der Waals surface area contributed by atoms with Gasteiger partial charge >= 0.3 is 0 Å². The number of nitrogens with one attached hydrogen (secondary N) is 1. The summed E-state index contributed by atoms with van der Waals surface area (Å²) in [5.74, 6) is 0.723. The van der Waals surface area contributed by atoms with Gasteiger partial charge in [-0.1, -0.05) is 24.2 Å². The Morgan fingerprint density at radius 2 is 2.18 bits per heavy atom. The predicted molar refractivity (Wildman–Crippen MR) is 90.3 cm³/mol. The molecule has 0 radical (unpaired) electrons. The first-order chi connectivity index (χ1) is 10.6. The summed E-state index contributed by atoms with van der Waals surface area (Å²) >= 11 is 3.30. The maximum atomic E-state index is 12.4. The number of carbonyl (C=O) groups is 2. The van der Waals surface area contributed by atoms with Crippen molar-refractivity contribution in [1.82, 2.24) is 9.88 Å². The Morgan fingerprint density at radius 1 is 1.41 bits per heavy atom. The van der Waals surface area contributed by atoms with Crippen LogP contribution >= 0.6 is 23.1 Å². The van der Waals surface area contributed by atoms with Crippen molar-refractivity contribution in [3.63, 3.8) is 0 Å². The van der Waals surface area contributed by atoms with Crippen LogP contribution in [-0.2, 0) is 22.6 Å². The van der Waals surface area contributed by atoms with E-state index in [1.54, 1.807) is 0 Å². The molecule has 1 saturated carbocycles. The van der Waals surface area contributed by atoms with Crippen molar-refractivity contribution in [2.45, 2.75) is 50.8 Å². The van der Waals surface area contributed by atoms with E-state index in [-0.39, 0.29) is 11.8 Å². The Bertz CT molecular complexity index is 567. The fourth-order valence-electron chi connectivity index (χ4n) is 2.95. The van der Waals surface area contributed by atoms with Gasteiger partial charge in [-0.3, -0.25) is 9.59 Å². The monoisotopic (exact) mass is 339 g/mol. The molecule has 0 aromatic carbocycles. The van der Waals surface area contributed by atoms with Crippen molar-refractivity contribution in [1.29, 1.82) is 0 Å². The van der Waals surface area contributed by atoms with Gasteiger partial charge in [0.05, 0.1) is 18.0 Å². The number of amides is 2. The molecular formula is C15H21N3O2S2. The van der Waals surface area contributed by atoms with Crippen LogP contribution < -0.4 is 5.32 Å². The third-order valence-corrected chi connectivity index (χ3v) is 6.47. The van der Waals surface area contributed by atoms with Crippen molar-refractivity contribution in [3.05, 3.63) is 10.6 Å². The fraction of sp³-hybridized carbons (Fsp3) is 0.667. The number of anilines is 1. The van der Waals surface area contributed by atoms with Crippen molar-refractivity contribution >= 4 is 40.0 Å². The van der Waals surface area contributed by atoms with Gasteiger partial charge in [0.25, 0.3) is 0 Å². The number of hydrogen-bond donors (Lipinski definition) is 1. The first-order valence-electron chi connectivity index (χ1n) is 7.77. The van der Waals surface area contributed by atoms with Gasteiger partial charge in [-0.15, -0.1) is 11.8 Å². The van der Waals surface area contributed by atoms with Crippen molar-refractivity contribution in [3.8, 4) is 0 Å². The van der Waals surface area contributed by atoms with E-state index < -0.39 is 0 Å². The SMILES string of the molecule is CC(=O)Nc1nc2c(s1)CN(C(=O)CSC1CCCC1)CC2. The average molecular weight is 339 g/mol. The number of thioether (sulfide) groups is 1. The van der Waals surface area contributed by atoms with Gasteiger partial charge in [0, 0.05) is 30.0 Å². The Labute approximate surface area is 138 Å². The molecule has 1 aliphatic heterocycles. The summed E-state index contributed by atoms with van der Waals surface area (Å²) in [6, 6.07) is 0. The Kier molecular flexibility index (Phi) is 5.03.